The average molecular weight is 392 g/mol. The Hall–Kier alpha value is -3.06. The lowest BCUT2D eigenvalue weighted by molar-refractivity contribution is -0.143. The van der Waals surface area contributed by atoms with E-state index in [0.717, 1.165) is 36.5 Å². The Morgan fingerprint density at radius 1 is 1.03 bits per heavy atom. The minimum Gasteiger partial charge on any atom is -0.485 e. The highest BCUT2D eigenvalue weighted by Gasteiger charge is 2.32. The van der Waals surface area contributed by atoms with Gasteiger partial charge in [0.1, 0.15) is 12.4 Å². The number of hydrogen-bond acceptors (Lipinski definition) is 5. The van der Waals surface area contributed by atoms with Crippen molar-refractivity contribution in [3.05, 3.63) is 54.4 Å². The number of carbonyl (C=O) groups is 1. The van der Waals surface area contributed by atoms with Crippen LogP contribution in [0, 0.1) is 0 Å². The van der Waals surface area contributed by atoms with E-state index in [9.17, 15) is 4.79 Å². The molecule has 150 valence electrons. The molecule has 5 rings (SSSR count). The predicted molar refractivity (Wildman–Crippen MR) is 109 cm³/mol. The summed E-state index contributed by atoms with van der Waals surface area (Å²) in [5.41, 5.74) is 2.17. The number of imidazole rings is 1. The van der Waals surface area contributed by atoms with Crippen molar-refractivity contribution in [2.24, 2.45) is 7.05 Å². The third-order valence-electron chi connectivity index (χ3n) is 5.71. The van der Waals surface area contributed by atoms with Crippen LogP contribution in [-0.4, -0.2) is 64.1 Å². The first kappa shape index (κ1) is 18.0. The number of benzene rings is 2. The van der Waals surface area contributed by atoms with Crippen LogP contribution in [0.15, 0.2) is 48.5 Å². The first-order valence-corrected chi connectivity index (χ1v) is 9.99. The van der Waals surface area contributed by atoms with E-state index in [0.29, 0.717) is 24.6 Å². The van der Waals surface area contributed by atoms with Crippen LogP contribution in [0.5, 0.6) is 11.5 Å². The normalized spacial score (nSPS) is 19.5. The molecular weight excluding hydrogens is 368 g/mol. The van der Waals surface area contributed by atoms with Gasteiger partial charge in [-0.3, -0.25) is 9.69 Å². The summed E-state index contributed by atoms with van der Waals surface area (Å²) < 4.78 is 13.7. The summed E-state index contributed by atoms with van der Waals surface area (Å²) in [5.74, 6) is 2.38. The highest BCUT2D eigenvalue weighted by molar-refractivity contribution is 5.82. The van der Waals surface area contributed by atoms with Gasteiger partial charge in [-0.15, -0.1) is 0 Å². The Bertz CT molecular complexity index is 1040. The standard InChI is InChI=1S/C22H24N4O3/c1-24-17-7-3-2-6-16(17)23-21(24)14-25-10-12-26(13-11-25)22(27)20-15-28-18-8-4-5-9-19(18)29-20/h2-9,20H,10-15H2,1H3/t20-/m1/s1. The van der Waals surface area contributed by atoms with Crippen LogP contribution in [0.3, 0.4) is 0 Å². The Morgan fingerprint density at radius 2 is 1.76 bits per heavy atom. The highest BCUT2D eigenvalue weighted by Crippen LogP contribution is 2.31. The minimum absolute atomic E-state index is 0.00174. The zero-order chi connectivity index (χ0) is 19.8. The van der Waals surface area contributed by atoms with Crippen LogP contribution in [-0.2, 0) is 18.4 Å². The van der Waals surface area contributed by atoms with Gasteiger partial charge in [-0.25, -0.2) is 4.98 Å². The van der Waals surface area contributed by atoms with Crippen LogP contribution < -0.4 is 9.47 Å². The summed E-state index contributed by atoms with van der Waals surface area (Å²) in [6, 6.07) is 15.7. The van der Waals surface area contributed by atoms with Crippen molar-refractivity contribution >= 4 is 16.9 Å². The second kappa shape index (κ2) is 7.40. The van der Waals surface area contributed by atoms with Gasteiger partial charge < -0.3 is 18.9 Å². The highest BCUT2D eigenvalue weighted by atomic mass is 16.6. The quantitative estimate of drug-likeness (QED) is 0.683. The lowest BCUT2D eigenvalue weighted by Crippen LogP contribution is -2.53. The Labute approximate surface area is 169 Å². The van der Waals surface area contributed by atoms with Crippen LogP contribution in [0.4, 0.5) is 0 Å². The van der Waals surface area contributed by atoms with E-state index in [1.54, 1.807) is 0 Å². The van der Waals surface area contributed by atoms with Gasteiger partial charge in [0.2, 0.25) is 6.10 Å². The molecule has 0 bridgehead atoms. The van der Waals surface area contributed by atoms with Gasteiger partial charge in [0.15, 0.2) is 11.5 Å². The van der Waals surface area contributed by atoms with E-state index in [-0.39, 0.29) is 12.5 Å². The topological polar surface area (TPSA) is 59.8 Å². The summed E-state index contributed by atoms with van der Waals surface area (Å²) in [7, 11) is 2.06. The van der Waals surface area contributed by atoms with Gasteiger partial charge in [-0.1, -0.05) is 24.3 Å². The third-order valence-corrected chi connectivity index (χ3v) is 5.71. The minimum atomic E-state index is -0.573. The number of carbonyl (C=O) groups excluding carboxylic acids is 1. The monoisotopic (exact) mass is 392 g/mol. The molecule has 0 N–H and O–H groups in total. The first-order chi connectivity index (χ1) is 14.2. The number of piperazine rings is 1. The Morgan fingerprint density at radius 3 is 2.55 bits per heavy atom. The molecule has 0 aliphatic carbocycles. The molecule has 2 aliphatic heterocycles. The first-order valence-electron chi connectivity index (χ1n) is 9.99. The molecule has 0 spiro atoms. The number of para-hydroxylation sites is 4. The van der Waals surface area contributed by atoms with Crippen molar-refractivity contribution in [3.8, 4) is 11.5 Å². The van der Waals surface area contributed by atoms with E-state index < -0.39 is 6.10 Å². The number of fused-ring (bicyclic) bond motifs is 2. The second-order valence-electron chi connectivity index (χ2n) is 7.54. The summed E-state index contributed by atoms with van der Waals surface area (Å²) >= 11 is 0. The van der Waals surface area contributed by atoms with E-state index in [2.05, 4.69) is 22.6 Å². The van der Waals surface area contributed by atoms with Gasteiger partial charge in [0.25, 0.3) is 5.91 Å². The van der Waals surface area contributed by atoms with Crippen molar-refractivity contribution < 1.29 is 14.3 Å². The molecule has 0 unspecified atom stereocenters. The number of ether oxygens (including phenoxy) is 2. The van der Waals surface area contributed by atoms with E-state index >= 15 is 0 Å². The molecule has 7 nitrogen and oxygen atoms in total. The molecule has 29 heavy (non-hydrogen) atoms. The van der Waals surface area contributed by atoms with Crippen molar-refractivity contribution in [1.29, 1.82) is 0 Å². The molecule has 3 aromatic rings. The average Bonchev–Trinajstić information content (AvgIpc) is 3.09. The fraction of sp³-hybridized carbons (Fsp3) is 0.364. The maximum atomic E-state index is 12.9. The van der Waals surface area contributed by atoms with Gasteiger partial charge in [0, 0.05) is 33.2 Å². The zero-order valence-corrected chi connectivity index (χ0v) is 16.5. The van der Waals surface area contributed by atoms with Crippen LogP contribution >= 0.6 is 0 Å². The predicted octanol–water partition coefficient (Wildman–Crippen LogP) is 2.06. The molecule has 1 atom stereocenters. The smallest absolute Gasteiger partial charge is 0.267 e. The van der Waals surface area contributed by atoms with Crippen LogP contribution in [0.1, 0.15) is 5.82 Å². The summed E-state index contributed by atoms with van der Waals surface area (Å²) in [6.07, 6.45) is -0.573. The lowest BCUT2D eigenvalue weighted by Gasteiger charge is -2.37. The second-order valence-corrected chi connectivity index (χ2v) is 7.54. The van der Waals surface area contributed by atoms with E-state index in [1.165, 1.54) is 0 Å². The molecule has 2 aliphatic rings. The molecule has 0 radical (unpaired) electrons. The lowest BCUT2D eigenvalue weighted by atomic mass is 10.2. The largest absolute Gasteiger partial charge is 0.485 e. The maximum Gasteiger partial charge on any atom is 0.267 e. The number of hydrogen-bond donors (Lipinski definition) is 0. The van der Waals surface area contributed by atoms with Gasteiger partial charge in [0.05, 0.1) is 17.6 Å². The molecule has 7 heteroatoms. The molecule has 1 fully saturated rings. The number of aromatic nitrogens is 2. The fourth-order valence-corrected chi connectivity index (χ4v) is 4.01. The van der Waals surface area contributed by atoms with Crippen molar-refractivity contribution in [3.63, 3.8) is 0 Å². The Kier molecular flexibility index (Phi) is 4.60. The molecule has 3 heterocycles. The molecule has 1 saturated heterocycles. The molecule has 0 saturated carbocycles. The van der Waals surface area contributed by atoms with Gasteiger partial charge in [-0.05, 0) is 24.3 Å². The van der Waals surface area contributed by atoms with E-state index in [4.69, 9.17) is 14.5 Å². The molecule has 1 aromatic heterocycles. The molecule has 1 amide bonds. The van der Waals surface area contributed by atoms with Crippen molar-refractivity contribution in [2.45, 2.75) is 12.6 Å². The summed E-state index contributed by atoms with van der Waals surface area (Å²) in [6.45, 7) is 4.05. The van der Waals surface area contributed by atoms with E-state index in [1.807, 2.05) is 47.4 Å². The SMILES string of the molecule is Cn1c(CN2CCN(C(=O)[C@H]3COc4ccccc4O3)CC2)nc2ccccc21. The molecular formula is C22H24N4O3. The van der Waals surface area contributed by atoms with Crippen molar-refractivity contribution in [1.82, 2.24) is 19.4 Å². The van der Waals surface area contributed by atoms with Crippen molar-refractivity contribution in [2.75, 3.05) is 32.8 Å². The summed E-state index contributed by atoms with van der Waals surface area (Å²) in [4.78, 5) is 21.9. The number of aryl methyl sites for hydroxylation is 1. The zero-order valence-electron chi connectivity index (χ0n) is 16.5. The van der Waals surface area contributed by atoms with Gasteiger partial charge >= 0.3 is 0 Å². The molecule has 2 aromatic carbocycles. The number of amides is 1. The maximum absolute atomic E-state index is 12.9. The van der Waals surface area contributed by atoms with Crippen LogP contribution in [0.2, 0.25) is 0 Å². The van der Waals surface area contributed by atoms with Gasteiger partial charge in [-0.2, -0.15) is 0 Å². The van der Waals surface area contributed by atoms with Crippen LogP contribution in [0.25, 0.3) is 11.0 Å². The number of nitrogens with zero attached hydrogens (tertiary/aromatic N) is 4. The number of rotatable bonds is 3. The third kappa shape index (κ3) is 3.42. The summed E-state index contributed by atoms with van der Waals surface area (Å²) in [5, 5.41) is 0. The fourth-order valence-electron chi connectivity index (χ4n) is 4.01. The Balaban J connectivity index is 1.19.